The number of sulfonamides is 1. The molecule has 21 heavy (non-hydrogen) atoms. The molecule has 1 fully saturated rings. The van der Waals surface area contributed by atoms with E-state index in [9.17, 15) is 8.42 Å². The van der Waals surface area contributed by atoms with Gasteiger partial charge in [0.1, 0.15) is 0 Å². The van der Waals surface area contributed by atoms with E-state index in [-0.39, 0.29) is 5.75 Å². The summed E-state index contributed by atoms with van der Waals surface area (Å²) in [7, 11) is -3.17. The first-order chi connectivity index (χ1) is 9.96. The number of benzene rings is 1. The fourth-order valence-corrected chi connectivity index (χ4v) is 5.16. The minimum atomic E-state index is -3.17. The molecule has 1 aliphatic carbocycles. The molecule has 0 heterocycles. The molecule has 1 saturated carbocycles. The maximum absolute atomic E-state index is 12.0. The standard InChI is InChI=1S/C15H24N2O2S2/c1-12-4-2-5-13(12)11-17-21(18,19)9-8-20-15-7-3-6-14(16)10-15/h3,6-7,10,12-13,17H,2,4-5,8-9,11,16H2,1H3. The van der Waals surface area contributed by atoms with Crippen LogP contribution >= 0.6 is 11.8 Å². The Bertz CT molecular complexity index is 561. The first kappa shape index (κ1) is 16.6. The summed E-state index contributed by atoms with van der Waals surface area (Å²) in [6.45, 7) is 2.80. The summed E-state index contributed by atoms with van der Waals surface area (Å²) in [4.78, 5) is 1.01. The van der Waals surface area contributed by atoms with Crippen molar-refractivity contribution in [3.8, 4) is 0 Å². The van der Waals surface area contributed by atoms with Crippen LogP contribution in [-0.4, -0.2) is 26.5 Å². The SMILES string of the molecule is CC1CCCC1CNS(=O)(=O)CCSc1cccc(N)c1. The van der Waals surface area contributed by atoms with Crippen molar-refractivity contribution in [2.45, 2.75) is 31.1 Å². The van der Waals surface area contributed by atoms with E-state index in [2.05, 4.69) is 11.6 Å². The summed E-state index contributed by atoms with van der Waals surface area (Å²) in [5.41, 5.74) is 6.41. The Morgan fingerprint density at radius 3 is 2.86 bits per heavy atom. The molecule has 6 heteroatoms. The Hall–Kier alpha value is -0.720. The highest BCUT2D eigenvalue weighted by atomic mass is 32.2. The Labute approximate surface area is 131 Å². The molecule has 0 bridgehead atoms. The molecule has 0 radical (unpaired) electrons. The quantitative estimate of drug-likeness (QED) is 0.596. The minimum Gasteiger partial charge on any atom is -0.399 e. The predicted octanol–water partition coefficient (Wildman–Crippen LogP) is 2.72. The monoisotopic (exact) mass is 328 g/mol. The van der Waals surface area contributed by atoms with Gasteiger partial charge in [-0.05, 0) is 36.5 Å². The Morgan fingerprint density at radius 1 is 1.38 bits per heavy atom. The number of nitrogens with one attached hydrogen (secondary N) is 1. The van der Waals surface area contributed by atoms with Crippen LogP contribution in [0.4, 0.5) is 5.69 Å². The first-order valence-corrected chi connectivity index (χ1v) is 10.1. The lowest BCUT2D eigenvalue weighted by molar-refractivity contribution is 0.414. The highest BCUT2D eigenvalue weighted by molar-refractivity contribution is 8.00. The van der Waals surface area contributed by atoms with Gasteiger partial charge in [-0.15, -0.1) is 11.8 Å². The van der Waals surface area contributed by atoms with E-state index in [0.29, 0.717) is 29.8 Å². The maximum atomic E-state index is 12.0. The molecule has 0 aliphatic heterocycles. The van der Waals surface area contributed by atoms with Crippen LogP contribution in [0, 0.1) is 11.8 Å². The van der Waals surface area contributed by atoms with Gasteiger partial charge in [-0.2, -0.15) is 0 Å². The molecule has 4 nitrogen and oxygen atoms in total. The first-order valence-electron chi connectivity index (χ1n) is 7.42. The molecule has 2 atom stereocenters. The zero-order valence-corrected chi connectivity index (χ0v) is 14.1. The van der Waals surface area contributed by atoms with Gasteiger partial charge in [0.15, 0.2) is 0 Å². The molecule has 2 unspecified atom stereocenters. The number of nitrogen functional groups attached to an aromatic ring is 1. The zero-order valence-electron chi connectivity index (χ0n) is 12.4. The number of thioether (sulfide) groups is 1. The van der Waals surface area contributed by atoms with Gasteiger partial charge in [0.2, 0.25) is 10.0 Å². The van der Waals surface area contributed by atoms with Gasteiger partial charge in [0, 0.05) is 22.9 Å². The third kappa shape index (κ3) is 5.52. The third-order valence-electron chi connectivity index (χ3n) is 4.08. The van der Waals surface area contributed by atoms with Gasteiger partial charge in [-0.1, -0.05) is 25.8 Å². The van der Waals surface area contributed by atoms with Crippen molar-refractivity contribution in [3.63, 3.8) is 0 Å². The Morgan fingerprint density at radius 2 is 2.19 bits per heavy atom. The molecule has 1 aromatic rings. The van der Waals surface area contributed by atoms with Crippen LogP contribution in [0.15, 0.2) is 29.2 Å². The van der Waals surface area contributed by atoms with E-state index in [4.69, 9.17) is 5.73 Å². The van der Waals surface area contributed by atoms with E-state index < -0.39 is 10.0 Å². The Kier molecular flexibility index (Phi) is 5.96. The average Bonchev–Trinajstić information content (AvgIpc) is 2.82. The molecule has 2 rings (SSSR count). The average molecular weight is 329 g/mol. The van der Waals surface area contributed by atoms with E-state index in [0.717, 1.165) is 11.3 Å². The van der Waals surface area contributed by atoms with Gasteiger partial charge in [0.25, 0.3) is 0 Å². The lowest BCUT2D eigenvalue weighted by Gasteiger charge is -2.16. The van der Waals surface area contributed by atoms with Gasteiger partial charge in [0.05, 0.1) is 5.75 Å². The zero-order chi connectivity index (χ0) is 15.3. The number of hydrogen-bond donors (Lipinski definition) is 2. The normalized spacial score (nSPS) is 22.5. The van der Waals surface area contributed by atoms with E-state index in [1.165, 1.54) is 24.6 Å². The van der Waals surface area contributed by atoms with Crippen molar-refractivity contribution in [1.82, 2.24) is 4.72 Å². The number of nitrogens with two attached hydrogens (primary N) is 1. The van der Waals surface area contributed by atoms with E-state index in [1.807, 2.05) is 24.3 Å². The summed E-state index contributed by atoms with van der Waals surface area (Å²) < 4.78 is 26.8. The fraction of sp³-hybridized carbons (Fsp3) is 0.600. The lowest BCUT2D eigenvalue weighted by Crippen LogP contribution is -2.32. The van der Waals surface area contributed by atoms with Crippen molar-refractivity contribution in [1.29, 1.82) is 0 Å². The van der Waals surface area contributed by atoms with Crippen molar-refractivity contribution < 1.29 is 8.42 Å². The molecule has 1 aromatic carbocycles. The molecule has 0 spiro atoms. The van der Waals surface area contributed by atoms with E-state index >= 15 is 0 Å². The minimum absolute atomic E-state index is 0.146. The summed E-state index contributed by atoms with van der Waals surface area (Å²) in [6, 6.07) is 7.52. The summed E-state index contributed by atoms with van der Waals surface area (Å²) >= 11 is 1.52. The fourth-order valence-electron chi connectivity index (χ4n) is 2.71. The van der Waals surface area contributed by atoms with Gasteiger partial charge < -0.3 is 5.73 Å². The lowest BCUT2D eigenvalue weighted by atomic mass is 9.99. The van der Waals surface area contributed by atoms with Crippen LogP contribution in [0.5, 0.6) is 0 Å². The van der Waals surface area contributed by atoms with Crippen molar-refractivity contribution in [2.24, 2.45) is 11.8 Å². The second kappa shape index (κ2) is 7.51. The van der Waals surface area contributed by atoms with Crippen LogP contribution in [0.2, 0.25) is 0 Å². The molecule has 118 valence electrons. The second-order valence-electron chi connectivity index (χ2n) is 5.76. The van der Waals surface area contributed by atoms with Crippen molar-refractivity contribution in [3.05, 3.63) is 24.3 Å². The largest absolute Gasteiger partial charge is 0.399 e. The van der Waals surface area contributed by atoms with Crippen LogP contribution < -0.4 is 10.5 Å². The smallest absolute Gasteiger partial charge is 0.212 e. The highest BCUT2D eigenvalue weighted by Gasteiger charge is 2.24. The van der Waals surface area contributed by atoms with Crippen molar-refractivity contribution >= 4 is 27.5 Å². The molecular formula is C15H24N2O2S2. The summed E-state index contributed by atoms with van der Waals surface area (Å²) in [5.74, 6) is 1.82. The Balaban J connectivity index is 1.73. The molecule has 0 saturated heterocycles. The number of rotatable bonds is 7. The molecule has 1 aliphatic rings. The topological polar surface area (TPSA) is 72.2 Å². The van der Waals surface area contributed by atoms with Crippen LogP contribution in [0.3, 0.4) is 0 Å². The van der Waals surface area contributed by atoms with Gasteiger partial charge >= 0.3 is 0 Å². The van der Waals surface area contributed by atoms with Crippen LogP contribution in [-0.2, 0) is 10.0 Å². The molecule has 3 N–H and O–H groups in total. The molecule has 0 amide bonds. The molecule has 0 aromatic heterocycles. The van der Waals surface area contributed by atoms with E-state index in [1.54, 1.807) is 0 Å². The third-order valence-corrected chi connectivity index (χ3v) is 6.69. The predicted molar refractivity (Wildman–Crippen MR) is 89.9 cm³/mol. The van der Waals surface area contributed by atoms with Crippen LogP contribution in [0.1, 0.15) is 26.2 Å². The number of anilines is 1. The molecular weight excluding hydrogens is 304 g/mol. The van der Waals surface area contributed by atoms with Crippen molar-refractivity contribution in [2.75, 3.05) is 23.8 Å². The summed E-state index contributed by atoms with van der Waals surface area (Å²) in [6.07, 6.45) is 3.58. The summed E-state index contributed by atoms with van der Waals surface area (Å²) in [5, 5.41) is 0. The highest BCUT2D eigenvalue weighted by Crippen LogP contribution is 2.30. The second-order valence-corrected chi connectivity index (χ2v) is 8.85. The van der Waals surface area contributed by atoms with Crippen LogP contribution in [0.25, 0.3) is 0 Å². The maximum Gasteiger partial charge on any atom is 0.212 e. The van der Waals surface area contributed by atoms with Gasteiger partial charge in [-0.25, -0.2) is 13.1 Å². The number of hydrogen-bond acceptors (Lipinski definition) is 4. The van der Waals surface area contributed by atoms with Gasteiger partial charge in [-0.3, -0.25) is 0 Å².